The van der Waals surface area contributed by atoms with Crippen molar-refractivity contribution in [1.82, 2.24) is 9.97 Å². The Morgan fingerprint density at radius 2 is 2.22 bits per heavy atom. The van der Waals surface area contributed by atoms with E-state index in [2.05, 4.69) is 25.9 Å². The van der Waals surface area contributed by atoms with E-state index in [1.165, 1.54) is 6.20 Å². The standard InChI is InChI=1S/C8H8BrFN4O3S/c9-5-2-12-7(11)8(13-5)14-3-4(1-6(14)15)18(10,16)17/h2,4H,1,3H2,(H2,11,12). The van der Waals surface area contributed by atoms with Gasteiger partial charge in [-0.15, -0.1) is 3.89 Å². The molecule has 1 aromatic heterocycles. The summed E-state index contributed by atoms with van der Waals surface area (Å²) in [7, 11) is -4.76. The molecule has 0 aromatic carbocycles. The number of rotatable bonds is 2. The third kappa shape index (κ3) is 2.43. The van der Waals surface area contributed by atoms with E-state index in [-0.39, 0.29) is 18.2 Å². The molecule has 0 radical (unpaired) electrons. The first-order chi connectivity index (χ1) is 8.29. The summed E-state index contributed by atoms with van der Waals surface area (Å²) >= 11 is 3.06. The third-order valence-corrected chi connectivity index (χ3v) is 3.99. The summed E-state index contributed by atoms with van der Waals surface area (Å²) in [5, 5.41) is -1.38. The summed E-state index contributed by atoms with van der Waals surface area (Å²) in [6.45, 7) is -0.312. The third-order valence-electron chi connectivity index (χ3n) is 2.50. The summed E-state index contributed by atoms with van der Waals surface area (Å²) in [6.07, 6.45) is 0.912. The average Bonchev–Trinajstić information content (AvgIpc) is 2.64. The summed E-state index contributed by atoms with van der Waals surface area (Å²) in [5.41, 5.74) is 5.55. The second kappa shape index (κ2) is 4.43. The number of nitrogens with two attached hydrogens (primary N) is 1. The van der Waals surface area contributed by atoms with Crippen molar-refractivity contribution < 1.29 is 17.1 Å². The van der Waals surface area contributed by atoms with Crippen molar-refractivity contribution in [1.29, 1.82) is 0 Å². The van der Waals surface area contributed by atoms with Crippen molar-refractivity contribution >= 4 is 43.7 Å². The number of nitrogen functional groups attached to an aromatic ring is 1. The fraction of sp³-hybridized carbons (Fsp3) is 0.375. The van der Waals surface area contributed by atoms with Crippen molar-refractivity contribution in [3.8, 4) is 0 Å². The average molecular weight is 339 g/mol. The monoisotopic (exact) mass is 338 g/mol. The van der Waals surface area contributed by atoms with Gasteiger partial charge in [-0.2, -0.15) is 8.42 Å². The van der Waals surface area contributed by atoms with Crippen LogP contribution in [0, 0.1) is 0 Å². The predicted octanol–water partition coefficient (Wildman–Crippen LogP) is 0.226. The van der Waals surface area contributed by atoms with Crippen LogP contribution in [0.3, 0.4) is 0 Å². The van der Waals surface area contributed by atoms with Crippen LogP contribution in [0.1, 0.15) is 6.42 Å². The molecule has 0 saturated carbocycles. The molecule has 1 unspecified atom stereocenters. The zero-order valence-electron chi connectivity index (χ0n) is 8.88. The highest BCUT2D eigenvalue weighted by Gasteiger charge is 2.40. The number of hydrogen-bond acceptors (Lipinski definition) is 6. The number of hydrogen-bond donors (Lipinski definition) is 1. The van der Waals surface area contributed by atoms with Gasteiger partial charge in [0.25, 0.3) is 0 Å². The first-order valence-electron chi connectivity index (χ1n) is 4.81. The predicted molar refractivity (Wildman–Crippen MR) is 64.9 cm³/mol. The Kier molecular flexibility index (Phi) is 3.23. The van der Waals surface area contributed by atoms with Gasteiger partial charge in [-0.25, -0.2) is 9.97 Å². The molecule has 7 nitrogen and oxygen atoms in total. The molecule has 10 heteroatoms. The minimum absolute atomic E-state index is 0.0246. The number of carbonyl (C=O) groups excluding carboxylic acids is 1. The largest absolute Gasteiger partial charge is 0.381 e. The number of amides is 1. The minimum atomic E-state index is -4.76. The van der Waals surface area contributed by atoms with Gasteiger partial charge in [-0.1, -0.05) is 0 Å². The molecule has 1 atom stereocenters. The van der Waals surface area contributed by atoms with Crippen molar-refractivity contribution in [3.05, 3.63) is 10.8 Å². The normalized spacial score (nSPS) is 20.4. The molecule has 1 amide bonds. The van der Waals surface area contributed by atoms with Crippen molar-refractivity contribution in [2.75, 3.05) is 17.2 Å². The number of anilines is 2. The molecule has 18 heavy (non-hydrogen) atoms. The van der Waals surface area contributed by atoms with Crippen LogP contribution in [0.2, 0.25) is 0 Å². The Balaban J connectivity index is 2.35. The van der Waals surface area contributed by atoms with E-state index in [4.69, 9.17) is 5.73 Å². The lowest BCUT2D eigenvalue weighted by Crippen LogP contribution is -2.28. The number of carbonyl (C=O) groups is 1. The maximum atomic E-state index is 12.9. The summed E-state index contributed by atoms with van der Waals surface area (Å²) < 4.78 is 34.8. The van der Waals surface area contributed by atoms with Crippen LogP contribution in [0.15, 0.2) is 10.8 Å². The Labute approximate surface area is 111 Å². The lowest BCUT2D eigenvalue weighted by molar-refractivity contribution is -0.117. The van der Waals surface area contributed by atoms with Crippen LogP contribution in [-0.4, -0.2) is 36.1 Å². The highest BCUT2D eigenvalue weighted by atomic mass is 79.9. The highest BCUT2D eigenvalue weighted by Crippen LogP contribution is 2.28. The van der Waals surface area contributed by atoms with Crippen LogP contribution in [0.4, 0.5) is 15.5 Å². The maximum Gasteiger partial charge on any atom is 0.307 e. The van der Waals surface area contributed by atoms with Gasteiger partial charge >= 0.3 is 10.2 Å². The molecule has 2 heterocycles. The summed E-state index contributed by atoms with van der Waals surface area (Å²) in [6, 6.07) is 0. The van der Waals surface area contributed by atoms with Crippen LogP contribution in [0.25, 0.3) is 0 Å². The molecule has 0 aliphatic carbocycles. The number of aromatic nitrogens is 2. The van der Waals surface area contributed by atoms with E-state index < -0.39 is 27.8 Å². The van der Waals surface area contributed by atoms with E-state index in [1.807, 2.05) is 0 Å². The lowest BCUT2D eigenvalue weighted by atomic mass is 10.4. The molecule has 2 N–H and O–H groups in total. The van der Waals surface area contributed by atoms with E-state index in [1.54, 1.807) is 0 Å². The van der Waals surface area contributed by atoms with Gasteiger partial charge in [-0.3, -0.25) is 9.69 Å². The maximum absolute atomic E-state index is 12.9. The lowest BCUT2D eigenvalue weighted by Gasteiger charge is -2.16. The molecule has 1 aliphatic heterocycles. The minimum Gasteiger partial charge on any atom is -0.381 e. The quantitative estimate of drug-likeness (QED) is 0.773. The van der Waals surface area contributed by atoms with E-state index in [9.17, 15) is 17.1 Å². The molecule has 1 fully saturated rings. The zero-order valence-corrected chi connectivity index (χ0v) is 11.3. The Bertz CT molecular complexity index is 608. The molecular formula is C8H8BrFN4O3S. The van der Waals surface area contributed by atoms with Crippen molar-refractivity contribution in [2.24, 2.45) is 0 Å². The second-order valence-electron chi connectivity index (χ2n) is 3.71. The molecule has 1 aliphatic rings. The van der Waals surface area contributed by atoms with E-state index >= 15 is 0 Å². The van der Waals surface area contributed by atoms with Gasteiger partial charge < -0.3 is 5.73 Å². The van der Waals surface area contributed by atoms with E-state index in [0.717, 1.165) is 4.90 Å². The van der Waals surface area contributed by atoms with E-state index in [0.29, 0.717) is 4.60 Å². The Hall–Kier alpha value is -1.29. The second-order valence-corrected chi connectivity index (χ2v) is 6.14. The van der Waals surface area contributed by atoms with Gasteiger partial charge in [0.05, 0.1) is 6.20 Å². The van der Waals surface area contributed by atoms with Crippen molar-refractivity contribution in [3.63, 3.8) is 0 Å². The van der Waals surface area contributed by atoms with Gasteiger partial charge in [0.1, 0.15) is 9.85 Å². The van der Waals surface area contributed by atoms with Crippen LogP contribution >= 0.6 is 15.9 Å². The van der Waals surface area contributed by atoms with Crippen LogP contribution in [-0.2, 0) is 15.0 Å². The highest BCUT2D eigenvalue weighted by molar-refractivity contribution is 9.10. The van der Waals surface area contributed by atoms with Crippen molar-refractivity contribution in [2.45, 2.75) is 11.7 Å². The fourth-order valence-electron chi connectivity index (χ4n) is 1.63. The number of nitrogens with zero attached hydrogens (tertiary/aromatic N) is 3. The molecule has 98 valence electrons. The van der Waals surface area contributed by atoms with Gasteiger partial charge in [-0.05, 0) is 15.9 Å². The van der Waals surface area contributed by atoms with Gasteiger partial charge in [0, 0.05) is 13.0 Å². The first kappa shape index (κ1) is 13.1. The molecule has 2 rings (SSSR count). The van der Waals surface area contributed by atoms with Gasteiger partial charge in [0.2, 0.25) is 5.91 Å². The SMILES string of the molecule is Nc1ncc(Br)nc1N1CC(S(=O)(=O)F)CC1=O. The molecule has 0 spiro atoms. The Morgan fingerprint density at radius 3 is 2.78 bits per heavy atom. The smallest absolute Gasteiger partial charge is 0.307 e. The number of halogens is 2. The molecular weight excluding hydrogens is 331 g/mol. The van der Waals surface area contributed by atoms with Crippen LogP contribution < -0.4 is 10.6 Å². The first-order valence-corrected chi connectivity index (χ1v) is 7.05. The Morgan fingerprint density at radius 1 is 1.56 bits per heavy atom. The zero-order chi connectivity index (χ0) is 13.5. The molecule has 1 aromatic rings. The summed E-state index contributed by atoms with van der Waals surface area (Å²) in [5.74, 6) is -0.552. The van der Waals surface area contributed by atoms with Gasteiger partial charge in [0.15, 0.2) is 11.6 Å². The summed E-state index contributed by atoms with van der Waals surface area (Å²) in [4.78, 5) is 20.4. The molecule has 0 bridgehead atoms. The fourth-order valence-corrected chi connectivity index (χ4v) is 2.57. The van der Waals surface area contributed by atoms with Crippen LogP contribution in [0.5, 0.6) is 0 Å². The topological polar surface area (TPSA) is 106 Å². The molecule has 1 saturated heterocycles.